The van der Waals surface area contributed by atoms with Gasteiger partial charge in [-0.2, -0.15) is 0 Å². The molecule has 0 fully saturated rings. The number of rotatable bonds is 3. The quantitative estimate of drug-likeness (QED) is 0.794. The van der Waals surface area contributed by atoms with E-state index in [2.05, 4.69) is 16.0 Å². The molecule has 5 heteroatoms. The van der Waals surface area contributed by atoms with E-state index in [1.54, 1.807) is 24.3 Å². The lowest BCUT2D eigenvalue weighted by Gasteiger charge is -2.14. The predicted molar refractivity (Wildman–Crippen MR) is 94.0 cm³/mol. The van der Waals surface area contributed by atoms with Crippen LogP contribution in [0.2, 0.25) is 0 Å². The van der Waals surface area contributed by atoms with E-state index in [9.17, 15) is 9.59 Å². The summed E-state index contributed by atoms with van der Waals surface area (Å²) in [5.74, 6) is -0.131. The predicted octanol–water partition coefficient (Wildman–Crippen LogP) is 4.21. The smallest absolute Gasteiger partial charge is 0.323 e. The maximum absolute atomic E-state index is 12.1. The van der Waals surface area contributed by atoms with Crippen LogP contribution in [0, 0.1) is 20.8 Å². The van der Waals surface area contributed by atoms with Crippen LogP contribution in [0.3, 0.4) is 0 Å². The van der Waals surface area contributed by atoms with Crippen molar-refractivity contribution in [2.75, 3.05) is 16.0 Å². The lowest BCUT2D eigenvalue weighted by Crippen LogP contribution is -2.20. The SMILES string of the molecule is CC(=O)Nc1ccc(NC(=O)Nc2c(C)cc(C)cc2C)cc1. The molecule has 0 radical (unpaired) electrons. The van der Waals surface area contributed by atoms with Gasteiger partial charge in [0.1, 0.15) is 0 Å². The molecular weight excluding hydrogens is 290 g/mol. The number of nitrogens with one attached hydrogen (secondary N) is 3. The molecule has 2 rings (SSSR count). The van der Waals surface area contributed by atoms with E-state index in [-0.39, 0.29) is 11.9 Å². The largest absolute Gasteiger partial charge is 0.326 e. The number of urea groups is 1. The summed E-state index contributed by atoms with van der Waals surface area (Å²) in [7, 11) is 0. The van der Waals surface area contributed by atoms with E-state index in [0.29, 0.717) is 11.4 Å². The van der Waals surface area contributed by atoms with Gasteiger partial charge in [-0.25, -0.2) is 4.79 Å². The molecule has 0 aromatic heterocycles. The van der Waals surface area contributed by atoms with Crippen molar-refractivity contribution in [1.29, 1.82) is 0 Å². The van der Waals surface area contributed by atoms with Crippen molar-refractivity contribution < 1.29 is 9.59 Å². The second kappa shape index (κ2) is 6.96. The first-order valence-corrected chi connectivity index (χ1v) is 7.38. The third-order valence-electron chi connectivity index (χ3n) is 3.38. The van der Waals surface area contributed by atoms with Gasteiger partial charge in [-0.15, -0.1) is 0 Å². The van der Waals surface area contributed by atoms with Crippen LogP contribution in [-0.2, 0) is 4.79 Å². The van der Waals surface area contributed by atoms with E-state index >= 15 is 0 Å². The number of hydrogen-bond acceptors (Lipinski definition) is 2. The Kier molecular flexibility index (Phi) is 5.01. The Morgan fingerprint density at radius 3 is 1.74 bits per heavy atom. The lowest BCUT2D eigenvalue weighted by molar-refractivity contribution is -0.114. The average Bonchev–Trinajstić information content (AvgIpc) is 2.44. The number of hydrogen-bond donors (Lipinski definition) is 3. The number of aryl methyl sites for hydroxylation is 3. The van der Waals surface area contributed by atoms with Crippen molar-refractivity contribution in [3.63, 3.8) is 0 Å². The molecule has 23 heavy (non-hydrogen) atoms. The Balaban J connectivity index is 2.04. The van der Waals surface area contributed by atoms with Gasteiger partial charge in [0, 0.05) is 24.0 Å². The van der Waals surface area contributed by atoms with Crippen LogP contribution in [0.1, 0.15) is 23.6 Å². The first-order chi connectivity index (χ1) is 10.8. The van der Waals surface area contributed by atoms with E-state index in [4.69, 9.17) is 0 Å². The average molecular weight is 311 g/mol. The summed E-state index contributed by atoms with van der Waals surface area (Å²) in [4.78, 5) is 23.1. The molecular formula is C18H21N3O2. The molecule has 0 aliphatic rings. The molecule has 0 unspecified atom stereocenters. The number of carbonyl (C=O) groups is 2. The van der Waals surface area contributed by atoms with Crippen LogP contribution in [0.5, 0.6) is 0 Å². The monoisotopic (exact) mass is 311 g/mol. The van der Waals surface area contributed by atoms with Crippen LogP contribution in [0.25, 0.3) is 0 Å². The van der Waals surface area contributed by atoms with Crippen LogP contribution in [-0.4, -0.2) is 11.9 Å². The lowest BCUT2D eigenvalue weighted by atomic mass is 10.1. The van der Waals surface area contributed by atoms with Crippen LogP contribution in [0.15, 0.2) is 36.4 Å². The van der Waals surface area contributed by atoms with E-state index < -0.39 is 0 Å². The highest BCUT2D eigenvalue weighted by atomic mass is 16.2. The zero-order valence-electron chi connectivity index (χ0n) is 13.8. The van der Waals surface area contributed by atoms with Gasteiger partial charge in [-0.05, 0) is 56.2 Å². The van der Waals surface area contributed by atoms with E-state index in [0.717, 1.165) is 16.8 Å². The maximum atomic E-state index is 12.1. The number of anilines is 3. The standard InChI is InChI=1S/C18H21N3O2/c1-11-9-12(2)17(13(3)10-11)21-18(23)20-16-7-5-15(6-8-16)19-14(4)22/h5-10H,1-4H3,(H,19,22)(H2,20,21,23). The van der Waals surface area contributed by atoms with Gasteiger partial charge in [0.2, 0.25) is 5.91 Å². The molecule has 120 valence electrons. The van der Waals surface area contributed by atoms with Crippen molar-refractivity contribution in [2.45, 2.75) is 27.7 Å². The molecule has 0 bridgehead atoms. The van der Waals surface area contributed by atoms with Gasteiger partial charge >= 0.3 is 6.03 Å². The first-order valence-electron chi connectivity index (χ1n) is 7.38. The zero-order valence-corrected chi connectivity index (χ0v) is 13.8. The van der Waals surface area contributed by atoms with Crippen molar-refractivity contribution in [3.05, 3.63) is 53.1 Å². The number of amides is 3. The Morgan fingerprint density at radius 2 is 1.26 bits per heavy atom. The molecule has 0 saturated carbocycles. The van der Waals surface area contributed by atoms with Crippen molar-refractivity contribution in [1.82, 2.24) is 0 Å². The molecule has 0 saturated heterocycles. The van der Waals surface area contributed by atoms with Crippen LogP contribution < -0.4 is 16.0 Å². The van der Waals surface area contributed by atoms with Gasteiger partial charge in [-0.1, -0.05) is 17.7 Å². The fourth-order valence-electron chi connectivity index (χ4n) is 2.49. The summed E-state index contributed by atoms with van der Waals surface area (Å²) in [5, 5.41) is 8.34. The topological polar surface area (TPSA) is 70.2 Å². The van der Waals surface area contributed by atoms with Crippen LogP contribution >= 0.6 is 0 Å². The highest BCUT2D eigenvalue weighted by molar-refractivity contribution is 6.01. The molecule has 3 amide bonds. The third-order valence-corrected chi connectivity index (χ3v) is 3.38. The summed E-state index contributed by atoms with van der Waals surface area (Å²) < 4.78 is 0. The Labute approximate surface area is 136 Å². The van der Waals surface area contributed by atoms with Gasteiger partial charge in [-0.3, -0.25) is 4.79 Å². The maximum Gasteiger partial charge on any atom is 0.323 e. The summed E-state index contributed by atoms with van der Waals surface area (Å²) >= 11 is 0. The minimum absolute atomic E-state index is 0.131. The molecule has 5 nitrogen and oxygen atoms in total. The normalized spacial score (nSPS) is 10.1. The Morgan fingerprint density at radius 1 is 0.783 bits per heavy atom. The van der Waals surface area contributed by atoms with Gasteiger partial charge in [0.05, 0.1) is 0 Å². The molecule has 0 aliphatic heterocycles. The van der Waals surface area contributed by atoms with Crippen LogP contribution in [0.4, 0.5) is 21.9 Å². The zero-order chi connectivity index (χ0) is 17.0. The van der Waals surface area contributed by atoms with E-state index in [1.807, 2.05) is 32.9 Å². The molecule has 0 heterocycles. The number of benzene rings is 2. The van der Waals surface area contributed by atoms with Crippen molar-refractivity contribution in [3.8, 4) is 0 Å². The minimum Gasteiger partial charge on any atom is -0.326 e. The fourth-order valence-corrected chi connectivity index (χ4v) is 2.49. The summed E-state index contributed by atoms with van der Waals surface area (Å²) in [5.41, 5.74) is 5.38. The molecule has 2 aromatic carbocycles. The van der Waals surface area contributed by atoms with Gasteiger partial charge < -0.3 is 16.0 Å². The Hall–Kier alpha value is -2.82. The second-order valence-corrected chi connectivity index (χ2v) is 5.61. The molecule has 0 aliphatic carbocycles. The highest BCUT2D eigenvalue weighted by Crippen LogP contribution is 2.22. The summed E-state index contributed by atoms with van der Waals surface area (Å²) in [6.45, 7) is 7.42. The minimum atomic E-state index is -0.299. The third kappa shape index (κ3) is 4.57. The second-order valence-electron chi connectivity index (χ2n) is 5.61. The van der Waals surface area contributed by atoms with Crippen molar-refractivity contribution >= 4 is 29.0 Å². The van der Waals surface area contributed by atoms with E-state index in [1.165, 1.54) is 12.5 Å². The van der Waals surface area contributed by atoms with Gasteiger partial charge in [0.15, 0.2) is 0 Å². The highest BCUT2D eigenvalue weighted by Gasteiger charge is 2.08. The number of carbonyl (C=O) groups excluding carboxylic acids is 2. The van der Waals surface area contributed by atoms with Gasteiger partial charge in [0.25, 0.3) is 0 Å². The molecule has 0 atom stereocenters. The summed E-state index contributed by atoms with van der Waals surface area (Å²) in [6.07, 6.45) is 0. The van der Waals surface area contributed by atoms with Crippen molar-refractivity contribution in [2.24, 2.45) is 0 Å². The summed E-state index contributed by atoms with van der Waals surface area (Å²) in [6, 6.07) is 10.7. The first kappa shape index (κ1) is 16.5. The molecule has 2 aromatic rings. The fraction of sp³-hybridized carbons (Fsp3) is 0.222. The molecule has 3 N–H and O–H groups in total. The Bertz CT molecular complexity index is 713. The molecule has 0 spiro atoms.